The van der Waals surface area contributed by atoms with Gasteiger partial charge in [-0.1, -0.05) is 23.4 Å². The van der Waals surface area contributed by atoms with Crippen molar-refractivity contribution < 1.29 is 19.1 Å². The number of hydrogen-bond acceptors (Lipinski definition) is 5. The van der Waals surface area contributed by atoms with Gasteiger partial charge < -0.3 is 19.1 Å². The van der Waals surface area contributed by atoms with Crippen LogP contribution in [0.25, 0.3) is 11.6 Å². The van der Waals surface area contributed by atoms with Crippen LogP contribution in [-0.2, 0) is 11.3 Å². The first-order valence-corrected chi connectivity index (χ1v) is 7.13. The maximum atomic E-state index is 9.36. The summed E-state index contributed by atoms with van der Waals surface area (Å²) >= 11 is 0. The number of ether oxygens (including phenoxy) is 2. The number of allylic oxidation sites excluding steroid dienone is 1. The zero-order valence-electron chi connectivity index (χ0n) is 13.1. The minimum atomic E-state index is -0.511. The summed E-state index contributed by atoms with van der Waals surface area (Å²) in [5.41, 5.74) is 2.69. The predicted molar refractivity (Wildman–Crippen MR) is 84.4 cm³/mol. The van der Waals surface area contributed by atoms with Crippen molar-refractivity contribution in [3.63, 3.8) is 0 Å². The number of aliphatic hydroxyl groups excluding tert-OH is 1. The minimum absolute atomic E-state index is 0.255. The van der Waals surface area contributed by atoms with E-state index in [0.717, 1.165) is 22.6 Å². The number of hydrogen-bond donors (Lipinski definition) is 1. The van der Waals surface area contributed by atoms with Crippen LogP contribution in [0, 0.1) is 0 Å². The summed E-state index contributed by atoms with van der Waals surface area (Å²) < 4.78 is 15.9. The molecule has 118 valence electrons. The molecule has 0 spiro atoms. The first-order valence-electron chi connectivity index (χ1n) is 7.13. The lowest BCUT2D eigenvalue weighted by Gasteiger charge is -2.12. The standard InChI is InChI=1S/C17H21NO4/c1-12(8-15-9-14(11-20-3)18-22-15)16-6-4-5-7-17(16)21-10-13(2)19/h4-9,13,19H,10-11H2,1-3H3. The zero-order valence-corrected chi connectivity index (χ0v) is 13.1. The molecule has 22 heavy (non-hydrogen) atoms. The lowest BCUT2D eigenvalue weighted by atomic mass is 10.1. The van der Waals surface area contributed by atoms with Crippen molar-refractivity contribution >= 4 is 11.6 Å². The van der Waals surface area contributed by atoms with E-state index in [9.17, 15) is 5.11 Å². The molecule has 0 aliphatic heterocycles. The van der Waals surface area contributed by atoms with E-state index >= 15 is 0 Å². The van der Waals surface area contributed by atoms with Crippen LogP contribution in [-0.4, -0.2) is 30.1 Å². The molecule has 0 amide bonds. The molecular weight excluding hydrogens is 282 g/mol. The molecule has 0 bridgehead atoms. The molecule has 5 heteroatoms. The summed E-state index contributed by atoms with van der Waals surface area (Å²) in [5, 5.41) is 13.3. The second kappa shape index (κ2) is 7.77. The van der Waals surface area contributed by atoms with Crippen LogP contribution >= 0.6 is 0 Å². The van der Waals surface area contributed by atoms with Gasteiger partial charge in [0.2, 0.25) is 0 Å². The van der Waals surface area contributed by atoms with E-state index in [4.69, 9.17) is 14.0 Å². The van der Waals surface area contributed by atoms with Crippen molar-refractivity contribution in [2.24, 2.45) is 0 Å². The maximum absolute atomic E-state index is 9.36. The second-order valence-electron chi connectivity index (χ2n) is 5.14. The van der Waals surface area contributed by atoms with Crippen LogP contribution in [0.3, 0.4) is 0 Å². The number of rotatable bonds is 7. The molecule has 1 atom stereocenters. The van der Waals surface area contributed by atoms with E-state index in [1.807, 2.05) is 43.3 Å². The van der Waals surface area contributed by atoms with Gasteiger partial charge in [-0.05, 0) is 31.6 Å². The van der Waals surface area contributed by atoms with Crippen LogP contribution in [0.15, 0.2) is 34.9 Å². The third-order valence-corrected chi connectivity index (χ3v) is 3.02. The van der Waals surface area contributed by atoms with Crippen LogP contribution < -0.4 is 4.74 Å². The predicted octanol–water partition coefficient (Wildman–Crippen LogP) is 3.14. The van der Waals surface area contributed by atoms with Crippen LogP contribution in [0.5, 0.6) is 5.75 Å². The monoisotopic (exact) mass is 303 g/mol. The van der Waals surface area contributed by atoms with E-state index in [-0.39, 0.29) is 6.61 Å². The first kappa shape index (κ1) is 16.3. The average molecular weight is 303 g/mol. The lowest BCUT2D eigenvalue weighted by Crippen LogP contribution is -2.13. The van der Waals surface area contributed by atoms with E-state index < -0.39 is 6.10 Å². The molecule has 0 radical (unpaired) electrons. The summed E-state index contributed by atoms with van der Waals surface area (Å²) in [6, 6.07) is 9.53. The van der Waals surface area contributed by atoms with Crippen molar-refractivity contribution in [2.45, 2.75) is 26.6 Å². The number of aliphatic hydroxyl groups is 1. The Bertz CT molecular complexity index is 631. The minimum Gasteiger partial charge on any atom is -0.490 e. The summed E-state index contributed by atoms with van der Waals surface area (Å²) in [6.45, 7) is 4.34. The highest BCUT2D eigenvalue weighted by atomic mass is 16.5. The van der Waals surface area contributed by atoms with Crippen molar-refractivity contribution in [3.05, 3.63) is 47.3 Å². The highest BCUT2D eigenvalue weighted by Crippen LogP contribution is 2.27. The molecule has 1 unspecified atom stereocenters. The largest absolute Gasteiger partial charge is 0.490 e. The number of aromatic nitrogens is 1. The summed E-state index contributed by atoms with van der Waals surface area (Å²) in [7, 11) is 1.62. The molecule has 0 aliphatic carbocycles. The molecular formula is C17H21NO4. The third kappa shape index (κ3) is 4.44. The fraction of sp³-hybridized carbons (Fsp3) is 0.353. The Hall–Kier alpha value is -2.11. The SMILES string of the molecule is COCc1cc(C=C(C)c2ccccc2OCC(C)O)on1. The Morgan fingerprint density at radius 3 is 2.91 bits per heavy atom. The second-order valence-corrected chi connectivity index (χ2v) is 5.14. The Kier molecular flexibility index (Phi) is 5.75. The molecule has 0 fully saturated rings. The molecule has 2 aromatic rings. The van der Waals surface area contributed by atoms with Crippen LogP contribution in [0.4, 0.5) is 0 Å². The van der Waals surface area contributed by atoms with Crippen LogP contribution in [0.2, 0.25) is 0 Å². The van der Waals surface area contributed by atoms with Gasteiger partial charge in [-0.2, -0.15) is 0 Å². The number of methoxy groups -OCH3 is 1. The molecule has 1 aromatic heterocycles. The molecule has 5 nitrogen and oxygen atoms in total. The maximum Gasteiger partial charge on any atom is 0.160 e. The zero-order chi connectivity index (χ0) is 15.9. The number of benzene rings is 1. The Balaban J connectivity index is 2.20. The lowest BCUT2D eigenvalue weighted by molar-refractivity contribution is 0.122. The van der Waals surface area contributed by atoms with Gasteiger partial charge in [0.1, 0.15) is 18.1 Å². The molecule has 1 aromatic carbocycles. The molecule has 0 aliphatic rings. The van der Waals surface area contributed by atoms with Crippen molar-refractivity contribution in [3.8, 4) is 5.75 Å². The van der Waals surface area contributed by atoms with E-state index in [1.165, 1.54) is 0 Å². The Morgan fingerprint density at radius 2 is 2.18 bits per heavy atom. The van der Waals surface area contributed by atoms with Gasteiger partial charge in [0.25, 0.3) is 0 Å². The normalized spacial score (nSPS) is 13.2. The summed E-state index contributed by atoms with van der Waals surface area (Å²) in [4.78, 5) is 0. The van der Waals surface area contributed by atoms with E-state index in [0.29, 0.717) is 12.4 Å². The first-order chi connectivity index (χ1) is 10.6. The summed E-state index contributed by atoms with van der Waals surface area (Å²) in [6.07, 6.45) is 1.39. The Morgan fingerprint density at radius 1 is 1.41 bits per heavy atom. The topological polar surface area (TPSA) is 64.7 Å². The van der Waals surface area contributed by atoms with Gasteiger partial charge in [-0.3, -0.25) is 0 Å². The fourth-order valence-corrected chi connectivity index (χ4v) is 2.03. The highest BCUT2D eigenvalue weighted by molar-refractivity contribution is 5.81. The highest BCUT2D eigenvalue weighted by Gasteiger charge is 2.08. The summed E-state index contributed by atoms with van der Waals surface area (Å²) in [5.74, 6) is 1.39. The van der Waals surface area contributed by atoms with Crippen LogP contribution in [0.1, 0.15) is 30.9 Å². The smallest absolute Gasteiger partial charge is 0.160 e. The average Bonchev–Trinajstić information content (AvgIpc) is 2.93. The molecule has 1 heterocycles. The van der Waals surface area contributed by atoms with Gasteiger partial charge in [-0.25, -0.2) is 0 Å². The van der Waals surface area contributed by atoms with Gasteiger partial charge >= 0.3 is 0 Å². The van der Waals surface area contributed by atoms with E-state index in [2.05, 4.69) is 5.16 Å². The van der Waals surface area contributed by atoms with Crippen molar-refractivity contribution in [1.29, 1.82) is 0 Å². The fourth-order valence-electron chi connectivity index (χ4n) is 2.03. The molecule has 0 saturated carbocycles. The Labute approximate surface area is 130 Å². The van der Waals surface area contributed by atoms with Gasteiger partial charge in [-0.15, -0.1) is 0 Å². The molecule has 0 saturated heterocycles. The van der Waals surface area contributed by atoms with Crippen molar-refractivity contribution in [1.82, 2.24) is 5.16 Å². The quantitative estimate of drug-likeness (QED) is 0.851. The third-order valence-electron chi connectivity index (χ3n) is 3.02. The number of nitrogens with zero attached hydrogens (tertiary/aromatic N) is 1. The van der Waals surface area contributed by atoms with Crippen molar-refractivity contribution in [2.75, 3.05) is 13.7 Å². The molecule has 2 rings (SSSR count). The molecule has 1 N–H and O–H groups in total. The van der Waals surface area contributed by atoms with E-state index in [1.54, 1.807) is 14.0 Å². The van der Waals surface area contributed by atoms with Gasteiger partial charge in [0, 0.05) is 18.7 Å². The van der Waals surface area contributed by atoms with Gasteiger partial charge in [0.15, 0.2) is 5.76 Å². The van der Waals surface area contributed by atoms with Gasteiger partial charge in [0.05, 0.1) is 12.7 Å². The number of para-hydroxylation sites is 1.